The molecule has 5 heteroatoms. The van der Waals surface area contributed by atoms with Crippen molar-refractivity contribution in [1.82, 2.24) is 14.5 Å². The molecule has 2 N–H and O–H groups in total. The van der Waals surface area contributed by atoms with Crippen LogP contribution >= 0.6 is 0 Å². The molecule has 2 heterocycles. The fraction of sp³-hybridized carbons (Fsp3) is 0.250. The number of aryl methyl sites for hydroxylation is 1. The van der Waals surface area contributed by atoms with Crippen LogP contribution in [0.4, 0.5) is 5.69 Å². The molecule has 0 aliphatic heterocycles. The summed E-state index contributed by atoms with van der Waals surface area (Å²) >= 11 is 0. The maximum Gasteiger partial charge on any atom is 0.148 e. The minimum atomic E-state index is 0.392. The monoisotopic (exact) mass is 282 g/mol. The normalized spacial score (nSPS) is 10.9. The molecule has 0 saturated heterocycles. The van der Waals surface area contributed by atoms with E-state index in [-0.39, 0.29) is 0 Å². The van der Waals surface area contributed by atoms with E-state index in [1.165, 1.54) is 0 Å². The molecule has 3 rings (SSSR count). The zero-order valence-electron chi connectivity index (χ0n) is 12.0. The van der Waals surface area contributed by atoms with Crippen molar-refractivity contribution < 1.29 is 4.74 Å². The summed E-state index contributed by atoms with van der Waals surface area (Å²) in [5.41, 5.74) is 8.51. The van der Waals surface area contributed by atoms with E-state index in [0.717, 1.165) is 29.8 Å². The maximum atomic E-state index is 5.89. The van der Waals surface area contributed by atoms with Crippen LogP contribution in [0.1, 0.15) is 19.2 Å². The second-order valence-electron chi connectivity index (χ2n) is 4.87. The van der Waals surface area contributed by atoms with Crippen LogP contribution in [0, 0.1) is 0 Å². The molecule has 0 unspecified atom stereocenters. The van der Waals surface area contributed by atoms with Gasteiger partial charge in [-0.3, -0.25) is 4.98 Å². The van der Waals surface area contributed by atoms with E-state index in [0.29, 0.717) is 18.0 Å². The molecule has 0 amide bonds. The first kappa shape index (κ1) is 13.4. The predicted octanol–water partition coefficient (Wildman–Crippen LogP) is 3.00. The van der Waals surface area contributed by atoms with Gasteiger partial charge in [0.15, 0.2) is 0 Å². The van der Waals surface area contributed by atoms with Crippen molar-refractivity contribution >= 4 is 16.7 Å². The largest absolute Gasteiger partial charge is 0.484 e. The number of benzene rings is 1. The third-order valence-electron chi connectivity index (χ3n) is 3.35. The number of nitrogens with two attached hydrogens (primary N) is 1. The molecule has 0 aliphatic rings. The summed E-state index contributed by atoms with van der Waals surface area (Å²) in [4.78, 5) is 8.73. The van der Waals surface area contributed by atoms with Crippen LogP contribution in [-0.2, 0) is 13.2 Å². The molecule has 0 saturated carbocycles. The van der Waals surface area contributed by atoms with E-state index in [4.69, 9.17) is 10.5 Å². The van der Waals surface area contributed by atoms with Gasteiger partial charge in [-0.25, -0.2) is 4.98 Å². The fourth-order valence-corrected chi connectivity index (χ4v) is 2.37. The highest BCUT2D eigenvalue weighted by atomic mass is 16.5. The van der Waals surface area contributed by atoms with Crippen molar-refractivity contribution in [3.05, 3.63) is 48.5 Å². The van der Waals surface area contributed by atoms with Gasteiger partial charge in [0.1, 0.15) is 23.7 Å². The van der Waals surface area contributed by atoms with Crippen LogP contribution in [0.5, 0.6) is 5.75 Å². The summed E-state index contributed by atoms with van der Waals surface area (Å²) in [6.45, 7) is 3.44. The molecule has 5 nitrogen and oxygen atoms in total. The number of nitrogens with zero attached hydrogens (tertiary/aromatic N) is 3. The molecule has 0 spiro atoms. The Labute approximate surface area is 123 Å². The van der Waals surface area contributed by atoms with Gasteiger partial charge in [0, 0.05) is 12.7 Å². The standard InChI is InChI=1S/C16H18N4O/c1-2-9-20-14-7-8-18-10-13(14)19-16(20)11-21-15-6-4-3-5-12(15)17/h3-8,10H,2,9,11,17H2,1H3. The molecule has 0 atom stereocenters. The first-order valence-corrected chi connectivity index (χ1v) is 7.06. The van der Waals surface area contributed by atoms with Gasteiger partial charge < -0.3 is 15.0 Å². The number of para-hydroxylation sites is 2. The Balaban J connectivity index is 1.89. The van der Waals surface area contributed by atoms with E-state index in [2.05, 4.69) is 21.5 Å². The Morgan fingerprint density at radius 2 is 2.10 bits per heavy atom. The molecular formula is C16H18N4O. The van der Waals surface area contributed by atoms with Gasteiger partial charge in [-0.15, -0.1) is 0 Å². The molecule has 0 radical (unpaired) electrons. The Bertz CT molecular complexity index is 751. The first-order valence-electron chi connectivity index (χ1n) is 7.06. The van der Waals surface area contributed by atoms with Crippen LogP contribution in [0.2, 0.25) is 0 Å². The second-order valence-corrected chi connectivity index (χ2v) is 4.87. The van der Waals surface area contributed by atoms with Crippen LogP contribution in [-0.4, -0.2) is 14.5 Å². The lowest BCUT2D eigenvalue weighted by molar-refractivity contribution is 0.291. The molecule has 21 heavy (non-hydrogen) atoms. The van der Waals surface area contributed by atoms with Gasteiger partial charge in [-0.2, -0.15) is 0 Å². The van der Waals surface area contributed by atoms with E-state index in [1.807, 2.05) is 30.3 Å². The minimum Gasteiger partial charge on any atom is -0.484 e. The number of fused-ring (bicyclic) bond motifs is 1. The van der Waals surface area contributed by atoms with E-state index in [1.54, 1.807) is 12.4 Å². The van der Waals surface area contributed by atoms with Gasteiger partial charge in [0.25, 0.3) is 0 Å². The number of nitrogen functional groups attached to an aromatic ring is 1. The molecule has 3 aromatic rings. The lowest BCUT2D eigenvalue weighted by Gasteiger charge is -2.10. The zero-order chi connectivity index (χ0) is 14.7. The SMILES string of the molecule is CCCn1c(COc2ccccc2N)nc2cnccc21. The van der Waals surface area contributed by atoms with Crippen LogP contribution in [0.3, 0.4) is 0 Å². The van der Waals surface area contributed by atoms with Crippen molar-refractivity contribution in [2.75, 3.05) is 5.73 Å². The van der Waals surface area contributed by atoms with Gasteiger partial charge in [-0.1, -0.05) is 19.1 Å². The number of anilines is 1. The average Bonchev–Trinajstić information content (AvgIpc) is 2.85. The molecule has 2 aromatic heterocycles. The van der Waals surface area contributed by atoms with Crippen LogP contribution < -0.4 is 10.5 Å². The number of hydrogen-bond acceptors (Lipinski definition) is 4. The summed E-state index contributed by atoms with van der Waals surface area (Å²) in [5, 5.41) is 0. The number of imidazole rings is 1. The summed E-state index contributed by atoms with van der Waals surface area (Å²) < 4.78 is 7.99. The smallest absolute Gasteiger partial charge is 0.148 e. The molecule has 0 fully saturated rings. The Kier molecular flexibility index (Phi) is 3.73. The van der Waals surface area contributed by atoms with E-state index >= 15 is 0 Å². The topological polar surface area (TPSA) is 66.0 Å². The number of aromatic nitrogens is 3. The lowest BCUT2D eigenvalue weighted by atomic mass is 10.3. The fourth-order valence-electron chi connectivity index (χ4n) is 2.37. The van der Waals surface area contributed by atoms with Crippen molar-refractivity contribution in [3.8, 4) is 5.75 Å². The summed E-state index contributed by atoms with van der Waals surface area (Å²) in [5.74, 6) is 1.58. The number of ether oxygens (including phenoxy) is 1. The second kappa shape index (κ2) is 5.83. The summed E-state index contributed by atoms with van der Waals surface area (Å²) in [6, 6.07) is 9.47. The van der Waals surface area contributed by atoms with Crippen molar-refractivity contribution in [1.29, 1.82) is 0 Å². The number of pyridine rings is 1. The van der Waals surface area contributed by atoms with Crippen molar-refractivity contribution in [2.24, 2.45) is 0 Å². The van der Waals surface area contributed by atoms with Gasteiger partial charge in [0.05, 0.1) is 17.4 Å². The van der Waals surface area contributed by atoms with Crippen LogP contribution in [0.15, 0.2) is 42.7 Å². The van der Waals surface area contributed by atoms with E-state index in [9.17, 15) is 0 Å². The number of rotatable bonds is 5. The Morgan fingerprint density at radius 1 is 1.24 bits per heavy atom. The maximum absolute atomic E-state index is 5.89. The molecule has 108 valence electrons. The third-order valence-corrected chi connectivity index (χ3v) is 3.35. The zero-order valence-corrected chi connectivity index (χ0v) is 12.0. The highest BCUT2D eigenvalue weighted by Crippen LogP contribution is 2.22. The Morgan fingerprint density at radius 3 is 2.90 bits per heavy atom. The third kappa shape index (κ3) is 2.67. The summed E-state index contributed by atoms with van der Waals surface area (Å²) in [7, 11) is 0. The molecule has 1 aromatic carbocycles. The minimum absolute atomic E-state index is 0.392. The van der Waals surface area contributed by atoms with Crippen molar-refractivity contribution in [2.45, 2.75) is 26.5 Å². The molecular weight excluding hydrogens is 264 g/mol. The number of hydrogen-bond donors (Lipinski definition) is 1. The first-order chi connectivity index (χ1) is 10.3. The predicted molar refractivity (Wildman–Crippen MR) is 83.0 cm³/mol. The van der Waals surface area contributed by atoms with E-state index < -0.39 is 0 Å². The van der Waals surface area contributed by atoms with Gasteiger partial charge in [0.2, 0.25) is 0 Å². The van der Waals surface area contributed by atoms with Crippen molar-refractivity contribution in [3.63, 3.8) is 0 Å². The highest BCUT2D eigenvalue weighted by Gasteiger charge is 2.11. The summed E-state index contributed by atoms with van der Waals surface area (Å²) in [6.07, 6.45) is 4.60. The van der Waals surface area contributed by atoms with Crippen LogP contribution in [0.25, 0.3) is 11.0 Å². The quantitative estimate of drug-likeness (QED) is 0.730. The lowest BCUT2D eigenvalue weighted by Crippen LogP contribution is -2.07. The average molecular weight is 282 g/mol. The Hall–Kier alpha value is -2.56. The van der Waals surface area contributed by atoms with Gasteiger partial charge >= 0.3 is 0 Å². The highest BCUT2D eigenvalue weighted by molar-refractivity contribution is 5.74. The molecule has 0 bridgehead atoms. The van der Waals surface area contributed by atoms with Gasteiger partial charge in [-0.05, 0) is 24.6 Å². The molecule has 0 aliphatic carbocycles.